The van der Waals surface area contributed by atoms with E-state index in [1.165, 1.54) is 0 Å². The zero-order valence-corrected chi connectivity index (χ0v) is 10.8. The van der Waals surface area contributed by atoms with Gasteiger partial charge in [-0.2, -0.15) is 0 Å². The zero-order chi connectivity index (χ0) is 13.5. The number of aliphatic hydroxyl groups excluding tert-OH is 1. The van der Waals surface area contributed by atoms with E-state index < -0.39 is 12.2 Å². The van der Waals surface area contributed by atoms with Crippen molar-refractivity contribution in [1.29, 1.82) is 0 Å². The second-order valence-corrected chi connectivity index (χ2v) is 5.76. The lowest BCUT2D eigenvalue weighted by atomic mass is 9.66. The molecule has 0 aromatic heterocycles. The summed E-state index contributed by atoms with van der Waals surface area (Å²) in [6.07, 6.45) is 3.60. The Bertz CT molecular complexity index is 445. The van der Waals surface area contributed by atoms with Crippen molar-refractivity contribution in [1.82, 2.24) is 0 Å². The van der Waals surface area contributed by atoms with Crippen molar-refractivity contribution in [3.8, 4) is 0 Å². The molecule has 1 aliphatic heterocycles. The Labute approximate surface area is 106 Å². The summed E-state index contributed by atoms with van der Waals surface area (Å²) in [6, 6.07) is 0. The van der Waals surface area contributed by atoms with Crippen molar-refractivity contribution < 1.29 is 19.4 Å². The lowest BCUT2D eigenvalue weighted by molar-refractivity contribution is -0.137. The van der Waals surface area contributed by atoms with Crippen LogP contribution < -0.4 is 0 Å². The third-order valence-electron chi connectivity index (χ3n) is 3.70. The minimum atomic E-state index is -0.603. The fourth-order valence-corrected chi connectivity index (χ4v) is 2.96. The molecule has 0 saturated carbocycles. The van der Waals surface area contributed by atoms with Crippen LogP contribution in [0.25, 0.3) is 0 Å². The van der Waals surface area contributed by atoms with Gasteiger partial charge < -0.3 is 9.84 Å². The van der Waals surface area contributed by atoms with E-state index >= 15 is 0 Å². The summed E-state index contributed by atoms with van der Waals surface area (Å²) in [5, 5.41) is 9.77. The highest BCUT2D eigenvalue weighted by Gasteiger charge is 2.50. The highest BCUT2D eigenvalue weighted by molar-refractivity contribution is 5.92. The number of fused-ring (bicyclic) bond motifs is 1. The average molecular weight is 250 g/mol. The van der Waals surface area contributed by atoms with Crippen LogP contribution in [0.4, 0.5) is 0 Å². The number of aliphatic hydroxyl groups is 1. The number of carbonyl (C=O) groups is 2. The molecule has 1 aliphatic carbocycles. The molecule has 3 atom stereocenters. The summed E-state index contributed by atoms with van der Waals surface area (Å²) in [6.45, 7) is 5.70. The van der Waals surface area contributed by atoms with Crippen molar-refractivity contribution in [3.63, 3.8) is 0 Å². The summed E-state index contributed by atoms with van der Waals surface area (Å²) in [4.78, 5) is 22.5. The quantitative estimate of drug-likeness (QED) is 0.457. The van der Waals surface area contributed by atoms with Gasteiger partial charge in [0.25, 0.3) is 0 Å². The summed E-state index contributed by atoms with van der Waals surface area (Å²) >= 11 is 0. The maximum absolute atomic E-state index is 11.8. The first-order valence-electron chi connectivity index (χ1n) is 6.09. The Hall–Kier alpha value is -1.42. The molecule has 2 aliphatic rings. The number of aldehydes is 1. The van der Waals surface area contributed by atoms with Gasteiger partial charge in [0, 0.05) is 11.5 Å². The number of carbonyl (C=O) groups excluding carboxylic acids is 2. The first kappa shape index (κ1) is 13.0. The monoisotopic (exact) mass is 250 g/mol. The number of ether oxygens (including phenoxy) is 1. The second kappa shape index (κ2) is 4.35. The molecule has 1 N–H and O–H groups in total. The van der Waals surface area contributed by atoms with Gasteiger partial charge in [-0.1, -0.05) is 13.8 Å². The molecule has 4 nitrogen and oxygen atoms in total. The maximum atomic E-state index is 11.8. The van der Waals surface area contributed by atoms with Crippen LogP contribution in [0.1, 0.15) is 27.2 Å². The third kappa shape index (κ3) is 2.12. The molecular formula is C14H18O4. The normalized spacial score (nSPS) is 34.7. The van der Waals surface area contributed by atoms with Gasteiger partial charge in [0.1, 0.15) is 12.4 Å². The van der Waals surface area contributed by atoms with Crippen LogP contribution in [0.15, 0.2) is 23.3 Å². The highest BCUT2D eigenvalue weighted by atomic mass is 16.6. The van der Waals surface area contributed by atoms with E-state index in [0.29, 0.717) is 17.6 Å². The van der Waals surface area contributed by atoms with Gasteiger partial charge in [-0.25, -0.2) is 4.79 Å². The van der Waals surface area contributed by atoms with Gasteiger partial charge in [0.15, 0.2) is 0 Å². The number of hydrogen-bond donors (Lipinski definition) is 1. The van der Waals surface area contributed by atoms with Crippen molar-refractivity contribution in [2.75, 3.05) is 0 Å². The number of rotatable bonds is 2. The minimum Gasteiger partial charge on any atom is -0.454 e. The van der Waals surface area contributed by atoms with Crippen molar-refractivity contribution >= 4 is 12.3 Å². The average Bonchev–Trinajstić information content (AvgIpc) is 2.54. The molecule has 0 spiro atoms. The van der Waals surface area contributed by atoms with Crippen LogP contribution in [0.5, 0.6) is 0 Å². The number of cyclic esters (lactones) is 1. The molecule has 0 aromatic rings. The zero-order valence-electron chi connectivity index (χ0n) is 10.8. The Morgan fingerprint density at radius 1 is 1.56 bits per heavy atom. The van der Waals surface area contributed by atoms with Gasteiger partial charge >= 0.3 is 5.97 Å². The lowest BCUT2D eigenvalue weighted by Crippen LogP contribution is -2.37. The topological polar surface area (TPSA) is 63.6 Å². The van der Waals surface area contributed by atoms with Crippen molar-refractivity contribution in [3.05, 3.63) is 23.3 Å². The molecule has 1 saturated heterocycles. The highest BCUT2D eigenvalue weighted by Crippen LogP contribution is 2.48. The first-order chi connectivity index (χ1) is 8.35. The molecule has 18 heavy (non-hydrogen) atoms. The molecule has 0 unspecified atom stereocenters. The van der Waals surface area contributed by atoms with Crippen LogP contribution in [0.3, 0.4) is 0 Å². The molecule has 98 valence electrons. The molecule has 2 rings (SSSR count). The Balaban J connectivity index is 2.41. The second-order valence-electron chi connectivity index (χ2n) is 5.76. The van der Waals surface area contributed by atoms with E-state index in [0.717, 1.165) is 6.29 Å². The molecule has 0 amide bonds. The Kier molecular flexibility index (Phi) is 3.15. The van der Waals surface area contributed by atoms with E-state index in [2.05, 4.69) is 0 Å². The molecule has 1 fully saturated rings. The third-order valence-corrected chi connectivity index (χ3v) is 3.70. The fraction of sp³-hybridized carbons (Fsp3) is 0.571. The predicted molar refractivity (Wildman–Crippen MR) is 65.7 cm³/mol. The minimum absolute atomic E-state index is 0.0942. The molecular weight excluding hydrogens is 232 g/mol. The van der Waals surface area contributed by atoms with E-state index in [4.69, 9.17) is 4.74 Å². The van der Waals surface area contributed by atoms with Gasteiger partial charge in [-0.15, -0.1) is 0 Å². The van der Waals surface area contributed by atoms with Gasteiger partial charge in [0.2, 0.25) is 0 Å². The van der Waals surface area contributed by atoms with Crippen LogP contribution in [0.2, 0.25) is 0 Å². The molecule has 0 aromatic carbocycles. The van der Waals surface area contributed by atoms with E-state index in [-0.39, 0.29) is 17.3 Å². The van der Waals surface area contributed by atoms with Gasteiger partial charge in [0.05, 0.1) is 6.10 Å². The number of allylic oxidation sites excluding steroid dienone is 1. The maximum Gasteiger partial charge on any atom is 0.334 e. The van der Waals surface area contributed by atoms with Crippen molar-refractivity contribution in [2.24, 2.45) is 11.3 Å². The lowest BCUT2D eigenvalue weighted by Gasteiger charge is -2.37. The van der Waals surface area contributed by atoms with Crippen LogP contribution in [0, 0.1) is 11.3 Å². The molecule has 0 radical (unpaired) electrons. The Morgan fingerprint density at radius 3 is 2.83 bits per heavy atom. The van der Waals surface area contributed by atoms with Gasteiger partial charge in [-0.05, 0) is 36.5 Å². The summed E-state index contributed by atoms with van der Waals surface area (Å²) in [5.41, 5.74) is 0.856. The molecule has 4 heteroatoms. The Morgan fingerprint density at radius 2 is 2.22 bits per heavy atom. The SMILES string of the molecule is C/C(C=O)=C\[C@H]1OC(=O)C2=C[C@H](O)CC(C)(C)[C@@H]21. The molecule has 1 heterocycles. The summed E-state index contributed by atoms with van der Waals surface area (Å²) < 4.78 is 5.31. The summed E-state index contributed by atoms with van der Waals surface area (Å²) in [7, 11) is 0. The van der Waals surface area contributed by atoms with Gasteiger partial charge in [-0.3, -0.25) is 4.79 Å². The first-order valence-corrected chi connectivity index (χ1v) is 6.09. The fourth-order valence-electron chi connectivity index (χ4n) is 2.96. The predicted octanol–water partition coefficient (Wildman–Crippen LogP) is 1.39. The number of esters is 1. The van der Waals surface area contributed by atoms with E-state index in [9.17, 15) is 14.7 Å². The molecule has 0 bridgehead atoms. The van der Waals surface area contributed by atoms with E-state index in [1.54, 1.807) is 19.1 Å². The largest absolute Gasteiger partial charge is 0.454 e. The standard InChI is InChI=1S/C14H18O4/c1-8(7-15)4-11-12-10(13(17)18-11)5-9(16)6-14(12,2)3/h4-5,7,9,11-12,16H,6H2,1-3H3/b8-4+/t9-,11+,12-/m0/s1. The van der Waals surface area contributed by atoms with E-state index in [1.807, 2.05) is 13.8 Å². The van der Waals surface area contributed by atoms with Crippen LogP contribution in [-0.2, 0) is 14.3 Å². The number of hydrogen-bond acceptors (Lipinski definition) is 4. The van der Waals surface area contributed by atoms with Crippen LogP contribution >= 0.6 is 0 Å². The van der Waals surface area contributed by atoms with Crippen molar-refractivity contribution in [2.45, 2.75) is 39.4 Å². The summed E-state index contributed by atoms with van der Waals surface area (Å²) in [5.74, 6) is -0.477. The van der Waals surface area contributed by atoms with Crippen LogP contribution in [-0.4, -0.2) is 29.6 Å². The smallest absolute Gasteiger partial charge is 0.334 e.